The number of nitrogens with one attached hydrogen (secondary N) is 2. The normalized spacial score (nSPS) is 17.1. The number of rotatable bonds is 5. The van der Waals surface area contributed by atoms with Crippen LogP contribution >= 0.6 is 11.3 Å². The molecule has 0 saturated carbocycles. The topological polar surface area (TPSA) is 80.3 Å². The number of esters is 1. The number of para-hydroxylation sites is 1. The second-order valence-electron chi connectivity index (χ2n) is 4.90. The van der Waals surface area contributed by atoms with Gasteiger partial charge in [0.25, 0.3) is 0 Å². The monoisotopic (exact) mass is 317 g/mol. The van der Waals surface area contributed by atoms with Crippen LogP contribution in [0.25, 0.3) is 0 Å². The molecule has 1 aromatic carbocycles. The van der Waals surface area contributed by atoms with Crippen molar-refractivity contribution in [2.24, 2.45) is 0 Å². The summed E-state index contributed by atoms with van der Waals surface area (Å²) in [5.74, 6) is -0.513. The van der Waals surface area contributed by atoms with Gasteiger partial charge in [-0.15, -0.1) is 11.3 Å². The molecule has 1 atom stereocenters. The van der Waals surface area contributed by atoms with E-state index < -0.39 is 12.0 Å². The van der Waals surface area contributed by atoms with E-state index in [-0.39, 0.29) is 12.5 Å². The van der Waals surface area contributed by atoms with Crippen LogP contribution in [0.5, 0.6) is 0 Å². The molecule has 2 N–H and O–H groups in total. The van der Waals surface area contributed by atoms with E-state index in [2.05, 4.69) is 15.6 Å². The first-order valence-electron chi connectivity index (χ1n) is 6.93. The van der Waals surface area contributed by atoms with Crippen molar-refractivity contribution in [1.29, 1.82) is 0 Å². The minimum absolute atomic E-state index is 0.107. The Morgan fingerprint density at radius 3 is 2.95 bits per heavy atom. The molecule has 0 unspecified atom stereocenters. The Bertz CT molecular complexity index is 672. The summed E-state index contributed by atoms with van der Waals surface area (Å²) in [5, 5.41) is 8.35. The molecule has 22 heavy (non-hydrogen) atoms. The lowest BCUT2D eigenvalue weighted by Crippen LogP contribution is -2.34. The second kappa shape index (κ2) is 6.57. The van der Waals surface area contributed by atoms with Gasteiger partial charge in [0, 0.05) is 17.5 Å². The van der Waals surface area contributed by atoms with Crippen molar-refractivity contribution in [3.05, 3.63) is 41.4 Å². The molecule has 7 heteroatoms. The number of aromatic nitrogens is 1. The third-order valence-electron chi connectivity index (χ3n) is 3.22. The van der Waals surface area contributed by atoms with Crippen molar-refractivity contribution in [2.45, 2.75) is 25.5 Å². The number of carbonyl (C=O) groups is 2. The van der Waals surface area contributed by atoms with E-state index in [1.54, 1.807) is 0 Å². The molecule has 1 saturated heterocycles. The Labute approximate surface area is 131 Å². The van der Waals surface area contributed by atoms with Gasteiger partial charge in [0.1, 0.15) is 12.6 Å². The van der Waals surface area contributed by atoms with E-state index >= 15 is 0 Å². The second-order valence-corrected chi connectivity index (χ2v) is 5.76. The highest BCUT2D eigenvalue weighted by Gasteiger charge is 2.28. The summed E-state index contributed by atoms with van der Waals surface area (Å²) in [4.78, 5) is 27.2. The molecule has 0 bridgehead atoms. The lowest BCUT2D eigenvalue weighted by Gasteiger charge is -2.08. The molecule has 3 rings (SSSR count). The van der Waals surface area contributed by atoms with Crippen LogP contribution in [0.15, 0.2) is 35.7 Å². The highest BCUT2D eigenvalue weighted by Crippen LogP contribution is 2.21. The first-order valence-corrected chi connectivity index (χ1v) is 7.81. The zero-order valence-electron chi connectivity index (χ0n) is 11.7. The lowest BCUT2D eigenvalue weighted by molar-refractivity contribution is -0.147. The number of benzene rings is 1. The van der Waals surface area contributed by atoms with E-state index in [9.17, 15) is 9.59 Å². The molecule has 0 radical (unpaired) electrons. The summed E-state index contributed by atoms with van der Waals surface area (Å²) in [5.41, 5.74) is 1.63. The molecule has 0 aliphatic carbocycles. The first kappa shape index (κ1) is 14.5. The lowest BCUT2D eigenvalue weighted by atomic mass is 10.2. The number of amides is 1. The van der Waals surface area contributed by atoms with Gasteiger partial charge in [-0.05, 0) is 18.6 Å². The molecular weight excluding hydrogens is 302 g/mol. The average molecular weight is 317 g/mol. The predicted octanol–water partition coefficient (Wildman–Crippen LogP) is 2.21. The zero-order chi connectivity index (χ0) is 15.4. The van der Waals surface area contributed by atoms with Crippen LogP contribution in [0, 0.1) is 0 Å². The van der Waals surface area contributed by atoms with Gasteiger partial charge in [-0.25, -0.2) is 9.78 Å². The van der Waals surface area contributed by atoms with Gasteiger partial charge >= 0.3 is 5.97 Å². The molecule has 6 nitrogen and oxygen atoms in total. The number of ether oxygens (including phenoxy) is 1. The van der Waals surface area contributed by atoms with Crippen molar-refractivity contribution >= 4 is 34.0 Å². The number of hydrogen-bond acceptors (Lipinski definition) is 6. The number of thiazole rings is 1. The van der Waals surface area contributed by atoms with Crippen LogP contribution in [0.1, 0.15) is 18.5 Å². The van der Waals surface area contributed by atoms with Crippen molar-refractivity contribution in [1.82, 2.24) is 10.3 Å². The molecule has 1 aliphatic rings. The van der Waals surface area contributed by atoms with Crippen molar-refractivity contribution < 1.29 is 14.3 Å². The highest BCUT2D eigenvalue weighted by molar-refractivity contribution is 7.13. The highest BCUT2D eigenvalue weighted by atomic mass is 32.1. The third-order valence-corrected chi connectivity index (χ3v) is 4.03. The Hall–Kier alpha value is -2.41. The van der Waals surface area contributed by atoms with Crippen molar-refractivity contribution in [3.63, 3.8) is 0 Å². The minimum atomic E-state index is -0.520. The van der Waals surface area contributed by atoms with Gasteiger partial charge in [0.2, 0.25) is 5.91 Å². The quantitative estimate of drug-likeness (QED) is 0.827. The van der Waals surface area contributed by atoms with Crippen LogP contribution in [-0.2, 0) is 20.9 Å². The van der Waals surface area contributed by atoms with Gasteiger partial charge in [-0.2, -0.15) is 0 Å². The number of nitrogens with zero attached hydrogens (tertiary/aromatic N) is 1. The summed E-state index contributed by atoms with van der Waals surface area (Å²) in [6.45, 7) is 0.109. The summed E-state index contributed by atoms with van der Waals surface area (Å²) < 4.78 is 5.19. The fraction of sp³-hybridized carbons (Fsp3) is 0.267. The number of carbonyl (C=O) groups excluding carboxylic acids is 2. The fourth-order valence-electron chi connectivity index (χ4n) is 2.11. The van der Waals surface area contributed by atoms with Crippen LogP contribution in [0.2, 0.25) is 0 Å². The maximum Gasteiger partial charge on any atom is 0.329 e. The van der Waals surface area contributed by atoms with Crippen LogP contribution in [0.3, 0.4) is 0 Å². The third kappa shape index (κ3) is 3.62. The van der Waals surface area contributed by atoms with E-state index in [0.717, 1.165) is 10.8 Å². The van der Waals surface area contributed by atoms with E-state index in [4.69, 9.17) is 4.74 Å². The van der Waals surface area contributed by atoms with Gasteiger partial charge < -0.3 is 15.4 Å². The number of anilines is 2. The SMILES string of the molecule is O=C1CC[C@H](C(=O)OCc2csc(Nc3ccccc3)n2)N1. The van der Waals surface area contributed by atoms with E-state index in [1.807, 2.05) is 35.7 Å². The summed E-state index contributed by atoms with van der Waals surface area (Å²) in [6.07, 6.45) is 0.872. The Morgan fingerprint density at radius 1 is 1.41 bits per heavy atom. The largest absolute Gasteiger partial charge is 0.458 e. The van der Waals surface area contributed by atoms with Crippen molar-refractivity contribution in [2.75, 3.05) is 5.32 Å². The van der Waals surface area contributed by atoms with Gasteiger partial charge in [-0.1, -0.05) is 18.2 Å². The first-order chi connectivity index (χ1) is 10.7. The maximum absolute atomic E-state index is 11.8. The maximum atomic E-state index is 11.8. The molecule has 0 spiro atoms. The molecular formula is C15H15N3O3S. The van der Waals surface area contributed by atoms with E-state index in [1.165, 1.54) is 11.3 Å². The van der Waals surface area contributed by atoms with Crippen LogP contribution in [0.4, 0.5) is 10.8 Å². The van der Waals surface area contributed by atoms with Gasteiger partial charge in [-0.3, -0.25) is 4.79 Å². The minimum Gasteiger partial charge on any atom is -0.458 e. The smallest absolute Gasteiger partial charge is 0.329 e. The van der Waals surface area contributed by atoms with Gasteiger partial charge in [0.05, 0.1) is 5.69 Å². The van der Waals surface area contributed by atoms with Crippen molar-refractivity contribution in [3.8, 4) is 0 Å². The zero-order valence-corrected chi connectivity index (χ0v) is 12.6. The Morgan fingerprint density at radius 2 is 2.23 bits per heavy atom. The molecule has 1 fully saturated rings. The Kier molecular flexibility index (Phi) is 4.34. The number of hydrogen-bond donors (Lipinski definition) is 2. The standard InChI is InChI=1S/C15H15N3O3S/c19-13-7-6-12(18-13)14(20)21-8-11-9-22-15(17-11)16-10-4-2-1-3-5-10/h1-5,9,12H,6-8H2,(H,16,17)(H,18,19)/t12-/m1/s1. The summed E-state index contributed by atoms with van der Waals surface area (Å²) in [7, 11) is 0. The molecule has 1 aliphatic heterocycles. The molecule has 1 amide bonds. The van der Waals surface area contributed by atoms with Crippen LogP contribution < -0.4 is 10.6 Å². The fourth-order valence-corrected chi connectivity index (χ4v) is 2.83. The predicted molar refractivity (Wildman–Crippen MR) is 82.8 cm³/mol. The molecule has 114 valence electrons. The van der Waals surface area contributed by atoms with Crippen LogP contribution in [-0.4, -0.2) is 22.9 Å². The average Bonchev–Trinajstić information content (AvgIpc) is 3.15. The molecule has 2 aromatic rings. The molecule has 2 heterocycles. The van der Waals surface area contributed by atoms with Gasteiger partial charge in [0.15, 0.2) is 5.13 Å². The molecule has 1 aromatic heterocycles. The summed E-state index contributed by atoms with van der Waals surface area (Å²) >= 11 is 1.45. The van der Waals surface area contributed by atoms with E-state index in [0.29, 0.717) is 18.5 Å². The Balaban J connectivity index is 1.51. The summed E-state index contributed by atoms with van der Waals surface area (Å²) in [6, 6.07) is 9.20.